The van der Waals surface area contributed by atoms with Crippen LogP contribution in [0.25, 0.3) is 0 Å². The molecular weight excluding hydrogens is 298 g/mol. The summed E-state index contributed by atoms with van der Waals surface area (Å²) < 4.78 is 4.43. The molecule has 1 amide bonds. The third kappa shape index (κ3) is 6.27. The lowest BCUT2D eigenvalue weighted by atomic mass is 10.1. The summed E-state index contributed by atoms with van der Waals surface area (Å²) in [6.07, 6.45) is -0.0865. The Morgan fingerprint density at radius 3 is 2.67 bits per heavy atom. The highest BCUT2D eigenvalue weighted by Crippen LogP contribution is 2.11. The van der Waals surface area contributed by atoms with E-state index in [4.69, 9.17) is 16.7 Å². The zero-order chi connectivity index (χ0) is 15.8. The number of ether oxygens (including phenoxy) is 1. The lowest BCUT2D eigenvalue weighted by Gasteiger charge is -2.14. The topological polar surface area (TPSA) is 92.7 Å². The van der Waals surface area contributed by atoms with E-state index in [1.54, 1.807) is 24.3 Å². The minimum atomic E-state index is -1.20. The van der Waals surface area contributed by atoms with Crippen LogP contribution in [0, 0.1) is 0 Å². The van der Waals surface area contributed by atoms with Crippen LogP contribution >= 0.6 is 11.6 Å². The maximum atomic E-state index is 11.8. The summed E-state index contributed by atoms with van der Waals surface area (Å²) >= 11 is 5.81. The molecule has 1 rings (SSSR count). The number of carboxylic acids is 1. The predicted octanol–water partition coefficient (Wildman–Crippen LogP) is 1.41. The standard InChI is InChI=1S/C14H16ClNO5/c1-21-13(18)6-5-11(14(19)20)16-12(17)8-9-3-2-4-10(15)7-9/h2-4,7,11H,5-6,8H2,1H3,(H,16,17)(H,19,20)/t11-/m0/s1. The van der Waals surface area contributed by atoms with Gasteiger partial charge >= 0.3 is 11.9 Å². The summed E-state index contributed by atoms with van der Waals surface area (Å²) in [6.45, 7) is 0. The number of hydrogen-bond donors (Lipinski definition) is 2. The van der Waals surface area contributed by atoms with E-state index in [1.165, 1.54) is 7.11 Å². The van der Waals surface area contributed by atoms with Gasteiger partial charge in [-0.1, -0.05) is 23.7 Å². The van der Waals surface area contributed by atoms with Gasteiger partial charge in [0.25, 0.3) is 0 Å². The van der Waals surface area contributed by atoms with Crippen molar-refractivity contribution in [2.45, 2.75) is 25.3 Å². The van der Waals surface area contributed by atoms with Gasteiger partial charge in [0.15, 0.2) is 0 Å². The molecule has 1 aromatic carbocycles. The molecule has 0 radical (unpaired) electrons. The first kappa shape index (κ1) is 17.0. The van der Waals surface area contributed by atoms with Gasteiger partial charge in [-0.25, -0.2) is 4.79 Å². The number of carbonyl (C=O) groups excluding carboxylic acids is 2. The molecule has 6 nitrogen and oxygen atoms in total. The molecule has 0 aliphatic carbocycles. The highest BCUT2D eigenvalue weighted by molar-refractivity contribution is 6.30. The van der Waals surface area contributed by atoms with Crippen LogP contribution in [0.1, 0.15) is 18.4 Å². The highest BCUT2D eigenvalue weighted by Gasteiger charge is 2.21. The maximum absolute atomic E-state index is 11.8. The Hall–Kier alpha value is -2.08. The first-order valence-electron chi connectivity index (χ1n) is 6.25. The molecular formula is C14H16ClNO5. The number of carboxylic acid groups (broad SMARTS) is 1. The lowest BCUT2D eigenvalue weighted by molar-refractivity contribution is -0.144. The van der Waals surface area contributed by atoms with E-state index < -0.39 is 23.9 Å². The zero-order valence-electron chi connectivity index (χ0n) is 11.5. The summed E-state index contributed by atoms with van der Waals surface area (Å²) in [7, 11) is 1.22. The molecule has 0 aromatic heterocycles. The Kier molecular flexibility index (Phi) is 6.68. The average molecular weight is 314 g/mol. The molecule has 0 aliphatic heterocycles. The molecule has 0 heterocycles. The van der Waals surface area contributed by atoms with Crippen molar-refractivity contribution in [2.24, 2.45) is 0 Å². The Morgan fingerprint density at radius 1 is 1.38 bits per heavy atom. The second-order valence-electron chi connectivity index (χ2n) is 4.38. The molecule has 21 heavy (non-hydrogen) atoms. The van der Waals surface area contributed by atoms with Gasteiger partial charge in [-0.3, -0.25) is 9.59 Å². The number of benzene rings is 1. The predicted molar refractivity (Wildman–Crippen MR) is 76.0 cm³/mol. The Labute approximate surface area is 127 Å². The van der Waals surface area contributed by atoms with Crippen LogP contribution in [0.3, 0.4) is 0 Å². The third-order valence-corrected chi connectivity index (χ3v) is 2.99. The van der Waals surface area contributed by atoms with Crippen molar-refractivity contribution in [3.8, 4) is 0 Å². The second kappa shape index (κ2) is 8.26. The van der Waals surface area contributed by atoms with E-state index >= 15 is 0 Å². The van der Waals surface area contributed by atoms with Crippen LogP contribution in [-0.2, 0) is 25.5 Å². The van der Waals surface area contributed by atoms with Gasteiger partial charge in [-0.15, -0.1) is 0 Å². The molecule has 0 saturated heterocycles. The van der Waals surface area contributed by atoms with Crippen molar-refractivity contribution in [1.82, 2.24) is 5.32 Å². The van der Waals surface area contributed by atoms with Crippen LogP contribution in [0.4, 0.5) is 0 Å². The van der Waals surface area contributed by atoms with E-state index in [2.05, 4.69) is 10.1 Å². The molecule has 0 fully saturated rings. The molecule has 0 spiro atoms. The monoisotopic (exact) mass is 313 g/mol. The summed E-state index contributed by atoms with van der Waals surface area (Å²) in [4.78, 5) is 33.9. The fraction of sp³-hybridized carbons (Fsp3) is 0.357. The fourth-order valence-electron chi connectivity index (χ4n) is 1.70. The summed E-state index contributed by atoms with van der Waals surface area (Å²) in [5.41, 5.74) is 0.678. The van der Waals surface area contributed by atoms with Crippen LogP contribution in [0.2, 0.25) is 5.02 Å². The molecule has 1 aromatic rings. The third-order valence-electron chi connectivity index (χ3n) is 2.75. The van der Waals surface area contributed by atoms with Crippen molar-refractivity contribution in [3.63, 3.8) is 0 Å². The Bertz CT molecular complexity index is 532. The number of rotatable bonds is 7. The van der Waals surface area contributed by atoms with E-state index in [0.29, 0.717) is 10.6 Å². The van der Waals surface area contributed by atoms with Crippen LogP contribution < -0.4 is 5.32 Å². The van der Waals surface area contributed by atoms with E-state index in [-0.39, 0.29) is 19.3 Å². The van der Waals surface area contributed by atoms with Gasteiger partial charge in [0.2, 0.25) is 5.91 Å². The number of nitrogens with one attached hydrogen (secondary N) is 1. The van der Waals surface area contributed by atoms with Crippen LogP contribution in [0.5, 0.6) is 0 Å². The highest BCUT2D eigenvalue weighted by atomic mass is 35.5. The van der Waals surface area contributed by atoms with E-state index in [9.17, 15) is 14.4 Å². The van der Waals surface area contributed by atoms with E-state index in [1.807, 2.05) is 0 Å². The number of aliphatic carboxylic acids is 1. The number of esters is 1. The van der Waals surface area contributed by atoms with Gasteiger partial charge in [0.05, 0.1) is 13.5 Å². The molecule has 0 unspecified atom stereocenters. The lowest BCUT2D eigenvalue weighted by Crippen LogP contribution is -2.41. The molecule has 114 valence electrons. The molecule has 0 saturated carbocycles. The number of hydrogen-bond acceptors (Lipinski definition) is 4. The smallest absolute Gasteiger partial charge is 0.326 e. The van der Waals surface area contributed by atoms with Crippen molar-refractivity contribution in [1.29, 1.82) is 0 Å². The summed E-state index contributed by atoms with van der Waals surface area (Å²) in [5.74, 6) is -2.17. The largest absolute Gasteiger partial charge is 0.480 e. The van der Waals surface area contributed by atoms with E-state index in [0.717, 1.165) is 0 Å². The number of amides is 1. The van der Waals surface area contributed by atoms with Crippen molar-refractivity contribution in [3.05, 3.63) is 34.9 Å². The van der Waals surface area contributed by atoms with Gasteiger partial charge in [-0.05, 0) is 24.1 Å². The number of halogens is 1. The Morgan fingerprint density at radius 2 is 2.10 bits per heavy atom. The van der Waals surface area contributed by atoms with Crippen molar-refractivity contribution >= 4 is 29.4 Å². The van der Waals surface area contributed by atoms with Gasteiger partial charge < -0.3 is 15.2 Å². The van der Waals surface area contributed by atoms with Gasteiger partial charge in [0.1, 0.15) is 6.04 Å². The van der Waals surface area contributed by atoms with Gasteiger partial charge in [-0.2, -0.15) is 0 Å². The summed E-state index contributed by atoms with van der Waals surface area (Å²) in [5, 5.41) is 11.9. The first-order valence-corrected chi connectivity index (χ1v) is 6.63. The quantitative estimate of drug-likeness (QED) is 0.742. The number of carbonyl (C=O) groups is 3. The molecule has 7 heteroatoms. The first-order chi connectivity index (χ1) is 9.92. The van der Waals surface area contributed by atoms with Crippen molar-refractivity contribution < 1.29 is 24.2 Å². The Balaban J connectivity index is 2.56. The molecule has 0 bridgehead atoms. The average Bonchev–Trinajstić information content (AvgIpc) is 2.42. The molecule has 0 aliphatic rings. The van der Waals surface area contributed by atoms with Crippen LogP contribution in [0.15, 0.2) is 24.3 Å². The minimum absolute atomic E-state index is 0.0164. The fourth-order valence-corrected chi connectivity index (χ4v) is 1.91. The minimum Gasteiger partial charge on any atom is -0.480 e. The SMILES string of the molecule is COC(=O)CC[C@H](NC(=O)Cc1cccc(Cl)c1)C(=O)O. The normalized spacial score (nSPS) is 11.5. The molecule has 1 atom stereocenters. The maximum Gasteiger partial charge on any atom is 0.326 e. The van der Waals surface area contributed by atoms with Crippen molar-refractivity contribution in [2.75, 3.05) is 7.11 Å². The second-order valence-corrected chi connectivity index (χ2v) is 4.82. The van der Waals surface area contributed by atoms with Crippen LogP contribution in [-0.4, -0.2) is 36.1 Å². The summed E-state index contributed by atoms with van der Waals surface area (Å²) in [6, 6.07) is 5.60. The zero-order valence-corrected chi connectivity index (χ0v) is 12.2. The van der Waals surface area contributed by atoms with Gasteiger partial charge in [0, 0.05) is 11.4 Å². The molecule has 2 N–H and O–H groups in total. The number of methoxy groups -OCH3 is 1.